The van der Waals surface area contributed by atoms with Crippen molar-refractivity contribution in [2.45, 2.75) is 26.1 Å². The Morgan fingerprint density at radius 3 is 2.50 bits per heavy atom. The molecule has 1 heterocycles. The van der Waals surface area contributed by atoms with Crippen LogP contribution in [0.3, 0.4) is 0 Å². The zero-order chi connectivity index (χ0) is 12.1. The summed E-state index contributed by atoms with van der Waals surface area (Å²) in [5, 5.41) is 11.6. The monoisotopic (exact) mass is 223 g/mol. The zero-order valence-corrected chi connectivity index (χ0v) is 9.86. The molecule has 1 saturated heterocycles. The van der Waals surface area contributed by atoms with Gasteiger partial charge in [-0.3, -0.25) is 4.79 Å². The van der Waals surface area contributed by atoms with Crippen LogP contribution in [-0.2, 0) is 9.53 Å². The molecule has 2 unspecified atom stereocenters. The van der Waals surface area contributed by atoms with E-state index in [1.54, 1.807) is 11.9 Å². The van der Waals surface area contributed by atoms with E-state index in [1.807, 2.05) is 19.9 Å². The molecule has 0 saturated carbocycles. The molecule has 1 fully saturated rings. The van der Waals surface area contributed by atoms with Crippen molar-refractivity contribution in [2.24, 2.45) is 0 Å². The molecule has 1 amide bonds. The van der Waals surface area contributed by atoms with Crippen molar-refractivity contribution in [3.63, 3.8) is 0 Å². The fraction of sp³-hybridized carbons (Fsp3) is 0.636. The van der Waals surface area contributed by atoms with Crippen LogP contribution in [-0.4, -0.2) is 43.2 Å². The summed E-state index contributed by atoms with van der Waals surface area (Å²) in [6.07, 6.45) is 1.46. The van der Waals surface area contributed by atoms with Gasteiger partial charge in [0.2, 0.25) is 0 Å². The fourth-order valence-electron chi connectivity index (χ4n) is 1.80. The van der Waals surface area contributed by atoms with Crippen LogP contribution in [0.5, 0.6) is 0 Å². The Hall–Kier alpha value is -1.54. The lowest BCUT2D eigenvalue weighted by atomic mass is 10.2. The Morgan fingerprint density at radius 1 is 1.50 bits per heavy atom. The lowest BCUT2D eigenvalue weighted by Crippen LogP contribution is -2.48. The van der Waals surface area contributed by atoms with Crippen molar-refractivity contribution < 1.29 is 9.53 Å². The number of nitrogens with one attached hydrogen (secondary N) is 1. The lowest BCUT2D eigenvalue weighted by molar-refractivity contribution is -0.138. The standard InChI is InChI=1S/C11H17N3O2/c1-8-6-14(7-9(2)16-8)11(15)10(4-12)5-13-3/h5,8-9,13H,6-7H2,1-3H3/b10-5-. The van der Waals surface area contributed by atoms with Crippen molar-refractivity contribution in [1.29, 1.82) is 5.26 Å². The summed E-state index contributed by atoms with van der Waals surface area (Å²) in [7, 11) is 1.66. The normalized spacial score (nSPS) is 26.1. The molecule has 5 heteroatoms. The van der Waals surface area contributed by atoms with Crippen LogP contribution in [0.1, 0.15) is 13.8 Å². The molecule has 0 radical (unpaired) electrons. The Morgan fingerprint density at radius 2 is 2.06 bits per heavy atom. The van der Waals surface area contributed by atoms with Crippen molar-refractivity contribution in [3.8, 4) is 6.07 Å². The predicted molar refractivity (Wildman–Crippen MR) is 59.3 cm³/mol. The third-order valence-corrected chi connectivity index (χ3v) is 2.35. The Labute approximate surface area is 95.7 Å². The summed E-state index contributed by atoms with van der Waals surface area (Å²) >= 11 is 0. The highest BCUT2D eigenvalue weighted by atomic mass is 16.5. The van der Waals surface area contributed by atoms with Crippen LogP contribution in [0.25, 0.3) is 0 Å². The minimum Gasteiger partial charge on any atom is -0.393 e. The molecule has 0 spiro atoms. The van der Waals surface area contributed by atoms with E-state index in [1.165, 1.54) is 6.20 Å². The maximum Gasteiger partial charge on any atom is 0.266 e. The lowest BCUT2D eigenvalue weighted by Gasteiger charge is -2.35. The summed E-state index contributed by atoms with van der Waals surface area (Å²) in [6.45, 7) is 4.91. The highest BCUT2D eigenvalue weighted by molar-refractivity contribution is 5.97. The highest BCUT2D eigenvalue weighted by Crippen LogP contribution is 2.12. The van der Waals surface area contributed by atoms with Crippen LogP contribution in [0, 0.1) is 11.3 Å². The number of hydrogen-bond donors (Lipinski definition) is 1. The number of nitriles is 1. The van der Waals surface area contributed by atoms with Gasteiger partial charge in [0.25, 0.3) is 5.91 Å². The summed E-state index contributed by atoms with van der Waals surface area (Å²) in [5.74, 6) is -0.237. The van der Waals surface area contributed by atoms with E-state index in [2.05, 4.69) is 5.32 Å². The van der Waals surface area contributed by atoms with Gasteiger partial charge in [0.1, 0.15) is 11.6 Å². The molecule has 2 atom stereocenters. The fourth-order valence-corrected chi connectivity index (χ4v) is 1.80. The van der Waals surface area contributed by atoms with Gasteiger partial charge in [-0.25, -0.2) is 0 Å². The van der Waals surface area contributed by atoms with Crippen molar-refractivity contribution >= 4 is 5.91 Å². The Bertz CT molecular complexity index is 323. The Kier molecular flexibility index (Phi) is 4.32. The van der Waals surface area contributed by atoms with Crippen LogP contribution >= 0.6 is 0 Å². The molecule has 1 aliphatic heterocycles. The second-order valence-corrected chi connectivity index (χ2v) is 3.93. The molecule has 0 bridgehead atoms. The van der Waals surface area contributed by atoms with Crippen molar-refractivity contribution in [1.82, 2.24) is 10.2 Å². The zero-order valence-electron chi connectivity index (χ0n) is 9.86. The van der Waals surface area contributed by atoms with E-state index in [0.29, 0.717) is 13.1 Å². The average Bonchev–Trinajstić information content (AvgIpc) is 2.23. The van der Waals surface area contributed by atoms with Gasteiger partial charge in [-0.05, 0) is 13.8 Å². The molecule has 0 aromatic heterocycles. The highest BCUT2D eigenvalue weighted by Gasteiger charge is 2.27. The maximum atomic E-state index is 11.9. The number of carbonyl (C=O) groups excluding carboxylic acids is 1. The van der Waals surface area contributed by atoms with Crippen LogP contribution in [0.2, 0.25) is 0 Å². The van der Waals surface area contributed by atoms with Gasteiger partial charge in [0, 0.05) is 26.3 Å². The van der Waals surface area contributed by atoms with E-state index in [9.17, 15) is 4.79 Å². The summed E-state index contributed by atoms with van der Waals surface area (Å²) in [4.78, 5) is 13.6. The summed E-state index contributed by atoms with van der Waals surface area (Å²) in [6, 6.07) is 1.90. The maximum absolute atomic E-state index is 11.9. The molecular formula is C11H17N3O2. The van der Waals surface area contributed by atoms with Gasteiger partial charge in [-0.15, -0.1) is 0 Å². The first-order chi connectivity index (χ1) is 7.58. The summed E-state index contributed by atoms with van der Waals surface area (Å²) < 4.78 is 5.53. The number of nitrogens with zero attached hydrogens (tertiary/aromatic N) is 2. The molecule has 88 valence electrons. The van der Waals surface area contributed by atoms with E-state index in [4.69, 9.17) is 10.00 Å². The molecule has 0 aliphatic carbocycles. The van der Waals surface area contributed by atoms with Gasteiger partial charge < -0.3 is 15.0 Å². The van der Waals surface area contributed by atoms with E-state index < -0.39 is 0 Å². The quantitative estimate of drug-likeness (QED) is 0.538. The predicted octanol–water partition coefficient (Wildman–Crippen LogP) is 0.249. The Balaban J connectivity index is 2.73. The van der Waals surface area contributed by atoms with E-state index in [0.717, 1.165) is 0 Å². The first-order valence-corrected chi connectivity index (χ1v) is 5.30. The second-order valence-electron chi connectivity index (χ2n) is 3.93. The number of rotatable bonds is 2. The number of ether oxygens (including phenoxy) is 1. The van der Waals surface area contributed by atoms with Gasteiger partial charge in [0.15, 0.2) is 0 Å². The molecule has 1 N–H and O–H groups in total. The van der Waals surface area contributed by atoms with Crippen molar-refractivity contribution in [2.75, 3.05) is 20.1 Å². The largest absolute Gasteiger partial charge is 0.393 e. The van der Waals surface area contributed by atoms with Crippen LogP contribution in [0.4, 0.5) is 0 Å². The molecule has 1 aliphatic rings. The molecule has 1 rings (SSSR count). The number of carbonyl (C=O) groups is 1. The van der Waals surface area contributed by atoms with Gasteiger partial charge in [-0.1, -0.05) is 0 Å². The number of hydrogen-bond acceptors (Lipinski definition) is 4. The SMILES string of the molecule is CN/C=C(/C#N)C(=O)N1CC(C)OC(C)C1. The van der Waals surface area contributed by atoms with E-state index >= 15 is 0 Å². The topological polar surface area (TPSA) is 65.4 Å². The van der Waals surface area contributed by atoms with Gasteiger partial charge in [0.05, 0.1) is 12.2 Å². The third-order valence-electron chi connectivity index (χ3n) is 2.35. The third kappa shape index (κ3) is 2.97. The molecule has 0 aromatic rings. The van der Waals surface area contributed by atoms with Gasteiger partial charge >= 0.3 is 0 Å². The molecule has 16 heavy (non-hydrogen) atoms. The molecular weight excluding hydrogens is 206 g/mol. The second kappa shape index (κ2) is 5.52. The number of morpholine rings is 1. The number of amides is 1. The van der Waals surface area contributed by atoms with Crippen LogP contribution in [0.15, 0.2) is 11.8 Å². The minimum atomic E-state index is -0.237. The minimum absolute atomic E-state index is 0.0160. The first-order valence-electron chi connectivity index (χ1n) is 5.30. The van der Waals surface area contributed by atoms with Gasteiger partial charge in [-0.2, -0.15) is 5.26 Å². The summed E-state index contributed by atoms with van der Waals surface area (Å²) in [5.41, 5.74) is 0.129. The van der Waals surface area contributed by atoms with Crippen molar-refractivity contribution in [3.05, 3.63) is 11.8 Å². The van der Waals surface area contributed by atoms with E-state index in [-0.39, 0.29) is 23.7 Å². The average molecular weight is 223 g/mol. The first kappa shape index (κ1) is 12.5. The molecule has 0 aromatic carbocycles. The van der Waals surface area contributed by atoms with Crippen LogP contribution < -0.4 is 5.32 Å². The molecule has 5 nitrogen and oxygen atoms in total. The smallest absolute Gasteiger partial charge is 0.266 e.